The summed E-state index contributed by atoms with van der Waals surface area (Å²) in [6.45, 7) is 1.27. The van der Waals surface area contributed by atoms with Crippen LogP contribution in [0, 0.1) is 11.8 Å². The first-order valence-corrected chi connectivity index (χ1v) is 12.7. The number of rotatable bonds is 6. The van der Waals surface area contributed by atoms with Gasteiger partial charge in [0.15, 0.2) is 0 Å². The maximum atomic E-state index is 12.6. The standard InChI is InChI=1S/C30H32N4O2/c35-29(33-27-16-6-12-23-10-1-3-14-25(23)27)31-19-21-8-5-9-22(18-21)20-32-30(36)34-28-17-7-13-24-11-2-4-15-26(24)28/h1-4,6-7,10-17,21-22H,5,8-9,18-20H2,(H2,31,33,35)(H2,32,34,36)/t21-,22+. The lowest BCUT2D eigenvalue weighted by atomic mass is 9.81. The Kier molecular flexibility index (Phi) is 7.31. The molecular weight excluding hydrogens is 448 g/mol. The Morgan fingerprint density at radius 2 is 1.06 bits per heavy atom. The molecule has 0 unspecified atom stereocenters. The molecule has 0 spiro atoms. The minimum absolute atomic E-state index is 0.180. The molecular formula is C30H32N4O2. The predicted octanol–water partition coefficient (Wildman–Crippen LogP) is 6.74. The van der Waals surface area contributed by atoms with Gasteiger partial charge in [-0.25, -0.2) is 9.59 Å². The number of nitrogens with one attached hydrogen (secondary N) is 4. The molecule has 5 rings (SSSR count). The molecule has 184 valence electrons. The molecule has 0 bridgehead atoms. The summed E-state index contributed by atoms with van der Waals surface area (Å²) in [6, 6.07) is 27.5. The van der Waals surface area contributed by atoms with Crippen molar-refractivity contribution in [2.75, 3.05) is 23.7 Å². The van der Waals surface area contributed by atoms with E-state index in [9.17, 15) is 9.59 Å². The van der Waals surface area contributed by atoms with Crippen LogP contribution in [0.4, 0.5) is 21.0 Å². The Hall–Kier alpha value is -4.06. The van der Waals surface area contributed by atoms with Crippen LogP contribution >= 0.6 is 0 Å². The van der Waals surface area contributed by atoms with Crippen LogP contribution in [0.5, 0.6) is 0 Å². The van der Waals surface area contributed by atoms with Gasteiger partial charge in [0.2, 0.25) is 0 Å². The van der Waals surface area contributed by atoms with Gasteiger partial charge in [0.25, 0.3) is 0 Å². The molecule has 4 N–H and O–H groups in total. The minimum Gasteiger partial charge on any atom is -0.338 e. The van der Waals surface area contributed by atoms with Crippen LogP contribution in [-0.2, 0) is 0 Å². The quantitative estimate of drug-likeness (QED) is 0.246. The summed E-state index contributed by atoms with van der Waals surface area (Å²) in [4.78, 5) is 25.1. The highest BCUT2D eigenvalue weighted by Crippen LogP contribution is 2.29. The third-order valence-corrected chi connectivity index (χ3v) is 7.07. The average Bonchev–Trinajstić information content (AvgIpc) is 2.91. The van der Waals surface area contributed by atoms with Crippen LogP contribution < -0.4 is 21.3 Å². The second kappa shape index (κ2) is 11.1. The van der Waals surface area contributed by atoms with Crippen molar-refractivity contribution in [1.82, 2.24) is 10.6 Å². The molecule has 6 heteroatoms. The van der Waals surface area contributed by atoms with E-state index >= 15 is 0 Å². The second-order valence-electron chi connectivity index (χ2n) is 9.62. The van der Waals surface area contributed by atoms with E-state index in [4.69, 9.17) is 0 Å². The molecule has 1 aliphatic carbocycles. The van der Waals surface area contributed by atoms with Gasteiger partial charge in [-0.3, -0.25) is 0 Å². The summed E-state index contributed by atoms with van der Waals surface area (Å²) in [6.07, 6.45) is 4.28. The van der Waals surface area contributed by atoms with Gasteiger partial charge in [0.05, 0.1) is 11.4 Å². The van der Waals surface area contributed by atoms with Gasteiger partial charge in [-0.15, -0.1) is 0 Å². The Labute approximate surface area is 211 Å². The lowest BCUT2D eigenvalue weighted by Crippen LogP contribution is -2.38. The van der Waals surface area contributed by atoms with Crippen LogP contribution in [0.1, 0.15) is 25.7 Å². The van der Waals surface area contributed by atoms with Crippen LogP contribution in [0.3, 0.4) is 0 Å². The molecule has 1 fully saturated rings. The third-order valence-electron chi connectivity index (χ3n) is 7.07. The largest absolute Gasteiger partial charge is 0.338 e. The van der Waals surface area contributed by atoms with Gasteiger partial charge < -0.3 is 21.3 Å². The molecule has 4 aromatic carbocycles. The second-order valence-corrected chi connectivity index (χ2v) is 9.62. The summed E-state index contributed by atoms with van der Waals surface area (Å²) in [7, 11) is 0. The molecule has 36 heavy (non-hydrogen) atoms. The Balaban J connectivity index is 1.08. The Morgan fingerprint density at radius 1 is 0.611 bits per heavy atom. The third kappa shape index (κ3) is 5.77. The highest BCUT2D eigenvalue weighted by Gasteiger charge is 2.23. The number of urea groups is 2. The minimum atomic E-state index is -0.180. The van der Waals surface area contributed by atoms with E-state index in [1.807, 2.05) is 84.9 Å². The molecule has 6 nitrogen and oxygen atoms in total. The van der Waals surface area contributed by atoms with E-state index in [1.54, 1.807) is 0 Å². The summed E-state index contributed by atoms with van der Waals surface area (Å²) in [5.74, 6) is 0.815. The summed E-state index contributed by atoms with van der Waals surface area (Å²) >= 11 is 0. The lowest BCUT2D eigenvalue weighted by Gasteiger charge is -2.29. The molecule has 1 aliphatic rings. The number of amides is 4. The molecule has 0 saturated heterocycles. The number of benzene rings is 4. The van der Waals surface area contributed by atoms with Crippen molar-refractivity contribution in [2.24, 2.45) is 11.8 Å². The monoisotopic (exact) mass is 480 g/mol. The lowest BCUT2D eigenvalue weighted by molar-refractivity contribution is 0.230. The molecule has 2 atom stereocenters. The summed E-state index contributed by atoms with van der Waals surface area (Å²) in [5.41, 5.74) is 1.63. The highest BCUT2D eigenvalue weighted by atomic mass is 16.2. The molecule has 4 amide bonds. The van der Waals surface area contributed by atoms with Crippen molar-refractivity contribution in [2.45, 2.75) is 25.7 Å². The van der Waals surface area contributed by atoms with E-state index in [0.29, 0.717) is 24.9 Å². The zero-order valence-corrected chi connectivity index (χ0v) is 20.3. The molecule has 0 aromatic heterocycles. The smallest absolute Gasteiger partial charge is 0.319 e. The first kappa shape index (κ1) is 23.7. The number of carbonyl (C=O) groups is 2. The van der Waals surface area contributed by atoms with Crippen molar-refractivity contribution in [3.05, 3.63) is 84.9 Å². The van der Waals surface area contributed by atoms with Crippen molar-refractivity contribution in [1.29, 1.82) is 0 Å². The average molecular weight is 481 g/mol. The fraction of sp³-hybridized carbons (Fsp3) is 0.267. The van der Waals surface area contributed by atoms with Crippen molar-refractivity contribution >= 4 is 45.0 Å². The summed E-state index contributed by atoms with van der Waals surface area (Å²) in [5, 5.41) is 16.4. The predicted molar refractivity (Wildman–Crippen MR) is 147 cm³/mol. The molecule has 0 radical (unpaired) electrons. The molecule has 1 saturated carbocycles. The first-order valence-electron chi connectivity index (χ1n) is 12.7. The fourth-order valence-corrected chi connectivity index (χ4v) is 5.25. The summed E-state index contributed by atoms with van der Waals surface area (Å²) < 4.78 is 0. The van der Waals surface area contributed by atoms with Gasteiger partial charge in [0.1, 0.15) is 0 Å². The zero-order chi connectivity index (χ0) is 24.7. The molecule has 4 aromatic rings. The van der Waals surface area contributed by atoms with Crippen molar-refractivity contribution in [3.8, 4) is 0 Å². The molecule has 0 aliphatic heterocycles. The normalized spacial score (nSPS) is 17.4. The Morgan fingerprint density at radius 3 is 1.56 bits per heavy atom. The van der Waals surface area contributed by atoms with Gasteiger partial charge in [-0.05, 0) is 54.0 Å². The van der Waals surface area contributed by atoms with Gasteiger partial charge >= 0.3 is 12.1 Å². The van der Waals surface area contributed by atoms with Crippen LogP contribution in [0.2, 0.25) is 0 Å². The van der Waals surface area contributed by atoms with Crippen LogP contribution in [-0.4, -0.2) is 25.2 Å². The fourth-order valence-electron chi connectivity index (χ4n) is 5.25. The van der Waals surface area contributed by atoms with Crippen molar-refractivity contribution in [3.63, 3.8) is 0 Å². The maximum absolute atomic E-state index is 12.6. The van der Waals surface area contributed by atoms with E-state index < -0.39 is 0 Å². The number of anilines is 2. The van der Waals surface area contributed by atoms with E-state index in [-0.39, 0.29) is 12.1 Å². The number of hydrogen-bond acceptors (Lipinski definition) is 2. The van der Waals surface area contributed by atoms with E-state index in [0.717, 1.165) is 58.6 Å². The highest BCUT2D eigenvalue weighted by molar-refractivity contribution is 6.02. The Bertz CT molecular complexity index is 1260. The van der Waals surface area contributed by atoms with Gasteiger partial charge in [0, 0.05) is 23.9 Å². The SMILES string of the molecule is O=C(NC[C@H]1CCC[C@@H](CNC(=O)Nc2cccc3ccccc23)C1)Nc1cccc2ccccc12. The number of fused-ring (bicyclic) bond motifs is 2. The topological polar surface area (TPSA) is 82.3 Å². The first-order chi connectivity index (χ1) is 17.7. The number of carbonyl (C=O) groups excluding carboxylic acids is 2. The zero-order valence-electron chi connectivity index (χ0n) is 20.3. The van der Waals surface area contributed by atoms with E-state index in [1.165, 1.54) is 0 Å². The van der Waals surface area contributed by atoms with E-state index in [2.05, 4.69) is 21.3 Å². The van der Waals surface area contributed by atoms with Crippen molar-refractivity contribution < 1.29 is 9.59 Å². The van der Waals surface area contributed by atoms with Crippen LogP contribution in [0.25, 0.3) is 21.5 Å². The van der Waals surface area contributed by atoms with Crippen LogP contribution in [0.15, 0.2) is 84.9 Å². The van der Waals surface area contributed by atoms with Gasteiger partial charge in [-0.1, -0.05) is 79.2 Å². The number of hydrogen-bond donors (Lipinski definition) is 4. The van der Waals surface area contributed by atoms with Gasteiger partial charge in [-0.2, -0.15) is 0 Å². The maximum Gasteiger partial charge on any atom is 0.319 e. The molecule has 0 heterocycles.